The fourth-order valence-electron chi connectivity index (χ4n) is 5.75. The number of nitrogens with one attached hydrogen (secondary N) is 1. The number of aromatic nitrogens is 1. The highest BCUT2D eigenvalue weighted by Crippen LogP contribution is 2.34. The number of halogens is 5. The Labute approximate surface area is 272 Å². The number of fused-ring (bicyclic) bond motifs is 1. The summed E-state index contributed by atoms with van der Waals surface area (Å²) in [5.41, 5.74) is 10.9. The predicted octanol–water partition coefficient (Wildman–Crippen LogP) is 7.55. The highest BCUT2D eigenvalue weighted by molar-refractivity contribution is 6.35. The zero-order valence-corrected chi connectivity index (χ0v) is 27.2. The molecule has 0 unspecified atom stereocenters. The third-order valence-electron chi connectivity index (χ3n) is 7.99. The molecule has 0 amide bonds. The molecule has 11 heteroatoms. The number of ether oxygens (including phenoxy) is 1. The lowest BCUT2D eigenvalue weighted by atomic mass is 10.0. The van der Waals surface area contributed by atoms with Crippen molar-refractivity contribution in [3.63, 3.8) is 0 Å². The maximum absolute atomic E-state index is 12.7. The Hall–Kier alpha value is -2.79. The minimum Gasteiger partial charge on any atom is -0.406 e. The Morgan fingerprint density at radius 2 is 1.53 bits per heavy atom. The Balaban J connectivity index is 1.30. The van der Waals surface area contributed by atoms with E-state index in [0.717, 1.165) is 92.9 Å². The third-order valence-corrected chi connectivity index (χ3v) is 8.70. The molecular formula is C34H40Cl2F3N5O. The van der Waals surface area contributed by atoms with Gasteiger partial charge in [-0.25, -0.2) is 0 Å². The number of hydrogen-bond donors (Lipinski definition) is 2. The molecule has 0 atom stereocenters. The standard InChI is InChI=1S/C34H40Cl2F3N5O/c1-33(2,40)23-41-13-4-14-44-22-28(25-8-10-26(11-9-25)45-34(37,38)39)27-19-24(7-12-32(27)44)20-42-15-17-43(18-16-42)21-29-30(35)5-3-6-31(29)36/h3,5-12,19,22,41H,4,13-18,20-21,23,40H2,1-2H3. The van der Waals surface area contributed by atoms with E-state index < -0.39 is 6.36 Å². The van der Waals surface area contributed by atoms with Crippen molar-refractivity contribution in [2.45, 2.75) is 51.8 Å². The Morgan fingerprint density at radius 3 is 2.16 bits per heavy atom. The van der Waals surface area contributed by atoms with E-state index in [1.807, 2.05) is 32.0 Å². The molecule has 1 aliphatic rings. The second kappa shape index (κ2) is 14.3. The van der Waals surface area contributed by atoms with E-state index in [1.165, 1.54) is 17.7 Å². The molecular weight excluding hydrogens is 622 g/mol. The van der Waals surface area contributed by atoms with Gasteiger partial charge in [0.15, 0.2) is 0 Å². The molecule has 1 aliphatic heterocycles. The molecule has 1 saturated heterocycles. The van der Waals surface area contributed by atoms with Crippen molar-refractivity contribution in [3.8, 4) is 16.9 Å². The first-order chi connectivity index (χ1) is 21.3. The molecule has 0 saturated carbocycles. The van der Waals surface area contributed by atoms with E-state index in [-0.39, 0.29) is 11.3 Å². The van der Waals surface area contributed by atoms with Crippen LogP contribution in [0.25, 0.3) is 22.0 Å². The lowest BCUT2D eigenvalue weighted by molar-refractivity contribution is -0.274. The molecule has 3 aromatic carbocycles. The largest absolute Gasteiger partial charge is 0.573 e. The van der Waals surface area contributed by atoms with Gasteiger partial charge < -0.3 is 20.4 Å². The Kier molecular flexibility index (Phi) is 10.7. The molecule has 0 aliphatic carbocycles. The van der Waals surface area contributed by atoms with Gasteiger partial charge in [0, 0.05) is 96.2 Å². The van der Waals surface area contributed by atoms with Crippen LogP contribution in [0.1, 0.15) is 31.4 Å². The van der Waals surface area contributed by atoms with E-state index >= 15 is 0 Å². The molecule has 4 aromatic rings. The van der Waals surface area contributed by atoms with Gasteiger partial charge in [-0.1, -0.05) is 47.5 Å². The van der Waals surface area contributed by atoms with Crippen LogP contribution in [0.3, 0.4) is 0 Å². The van der Waals surface area contributed by atoms with Gasteiger partial charge in [-0.2, -0.15) is 0 Å². The summed E-state index contributed by atoms with van der Waals surface area (Å²) in [6.45, 7) is 11.5. The normalized spacial score (nSPS) is 15.2. The molecule has 1 fully saturated rings. The zero-order chi connectivity index (χ0) is 32.2. The van der Waals surface area contributed by atoms with Crippen LogP contribution in [0.4, 0.5) is 13.2 Å². The number of nitrogens with two attached hydrogens (primary N) is 1. The molecule has 3 N–H and O–H groups in total. The topological polar surface area (TPSA) is 58.7 Å². The minimum absolute atomic E-state index is 0.236. The van der Waals surface area contributed by atoms with Crippen molar-refractivity contribution in [2.75, 3.05) is 39.3 Å². The number of alkyl halides is 3. The van der Waals surface area contributed by atoms with Crippen molar-refractivity contribution >= 4 is 34.1 Å². The third kappa shape index (κ3) is 9.37. The molecule has 2 heterocycles. The van der Waals surface area contributed by atoms with E-state index in [9.17, 15) is 13.2 Å². The van der Waals surface area contributed by atoms with Crippen molar-refractivity contribution in [1.82, 2.24) is 19.7 Å². The van der Waals surface area contributed by atoms with E-state index in [4.69, 9.17) is 28.9 Å². The average Bonchev–Trinajstić information content (AvgIpc) is 3.32. The Bertz CT molecular complexity index is 1560. The van der Waals surface area contributed by atoms with Gasteiger partial charge in [0.1, 0.15) is 5.75 Å². The number of aryl methyl sites for hydroxylation is 1. The van der Waals surface area contributed by atoms with Crippen LogP contribution in [0.2, 0.25) is 10.0 Å². The first kappa shape index (κ1) is 33.6. The van der Waals surface area contributed by atoms with Crippen LogP contribution in [0, 0.1) is 0 Å². The summed E-state index contributed by atoms with van der Waals surface area (Å²) in [5.74, 6) is -0.236. The molecule has 0 bridgehead atoms. The lowest BCUT2D eigenvalue weighted by Gasteiger charge is -2.35. The van der Waals surface area contributed by atoms with Gasteiger partial charge in [-0.3, -0.25) is 9.80 Å². The van der Waals surface area contributed by atoms with E-state index in [2.05, 4.69) is 48.8 Å². The summed E-state index contributed by atoms with van der Waals surface area (Å²) >= 11 is 12.8. The zero-order valence-electron chi connectivity index (χ0n) is 25.6. The number of rotatable bonds is 12. The monoisotopic (exact) mass is 661 g/mol. The predicted molar refractivity (Wildman–Crippen MR) is 177 cm³/mol. The summed E-state index contributed by atoms with van der Waals surface area (Å²) in [4.78, 5) is 4.82. The first-order valence-corrected chi connectivity index (χ1v) is 16.0. The maximum Gasteiger partial charge on any atom is 0.573 e. The summed E-state index contributed by atoms with van der Waals surface area (Å²) < 4.78 is 44.6. The summed E-state index contributed by atoms with van der Waals surface area (Å²) in [7, 11) is 0. The van der Waals surface area contributed by atoms with Gasteiger partial charge in [0.2, 0.25) is 0 Å². The SMILES string of the molecule is CC(C)(N)CNCCCn1cc(-c2ccc(OC(F)(F)F)cc2)c2cc(CN3CCN(Cc4c(Cl)cccc4Cl)CC3)ccc21. The smallest absolute Gasteiger partial charge is 0.406 e. The fraction of sp³-hybridized carbons (Fsp3) is 0.412. The molecule has 5 rings (SSSR count). The van der Waals surface area contributed by atoms with Crippen LogP contribution in [-0.4, -0.2) is 65.5 Å². The number of benzene rings is 3. The van der Waals surface area contributed by atoms with E-state index in [1.54, 1.807) is 12.1 Å². The molecule has 6 nitrogen and oxygen atoms in total. The van der Waals surface area contributed by atoms with Crippen LogP contribution < -0.4 is 15.8 Å². The van der Waals surface area contributed by atoms with Gasteiger partial charge in [0.25, 0.3) is 0 Å². The second-order valence-corrected chi connectivity index (χ2v) is 13.2. The average molecular weight is 663 g/mol. The second-order valence-electron chi connectivity index (χ2n) is 12.4. The molecule has 242 valence electrons. The Morgan fingerprint density at radius 1 is 0.889 bits per heavy atom. The van der Waals surface area contributed by atoms with Gasteiger partial charge in [-0.05, 0) is 74.3 Å². The van der Waals surface area contributed by atoms with Gasteiger partial charge >= 0.3 is 6.36 Å². The van der Waals surface area contributed by atoms with Crippen LogP contribution in [-0.2, 0) is 19.6 Å². The first-order valence-electron chi connectivity index (χ1n) is 15.2. The summed E-state index contributed by atoms with van der Waals surface area (Å²) in [6.07, 6.45) is -1.73. The van der Waals surface area contributed by atoms with Crippen LogP contribution in [0.5, 0.6) is 5.75 Å². The number of piperazine rings is 1. The molecule has 0 radical (unpaired) electrons. The van der Waals surface area contributed by atoms with E-state index in [0.29, 0.717) is 10.0 Å². The highest BCUT2D eigenvalue weighted by atomic mass is 35.5. The van der Waals surface area contributed by atoms with Crippen LogP contribution >= 0.6 is 23.2 Å². The highest BCUT2D eigenvalue weighted by Gasteiger charge is 2.31. The lowest BCUT2D eigenvalue weighted by Crippen LogP contribution is -2.45. The van der Waals surface area contributed by atoms with Crippen LogP contribution in [0.15, 0.2) is 66.9 Å². The number of nitrogens with zero attached hydrogens (tertiary/aromatic N) is 3. The molecule has 0 spiro atoms. The summed E-state index contributed by atoms with van der Waals surface area (Å²) in [5, 5.41) is 5.87. The van der Waals surface area contributed by atoms with Crippen molar-refractivity contribution < 1.29 is 17.9 Å². The van der Waals surface area contributed by atoms with Crippen molar-refractivity contribution in [2.24, 2.45) is 5.73 Å². The quantitative estimate of drug-likeness (QED) is 0.154. The number of hydrogen-bond acceptors (Lipinski definition) is 5. The maximum atomic E-state index is 12.7. The van der Waals surface area contributed by atoms with Gasteiger partial charge in [0.05, 0.1) is 0 Å². The molecule has 45 heavy (non-hydrogen) atoms. The molecule has 1 aromatic heterocycles. The summed E-state index contributed by atoms with van der Waals surface area (Å²) in [6, 6.07) is 18.3. The fourth-order valence-corrected chi connectivity index (χ4v) is 6.27. The van der Waals surface area contributed by atoms with Crippen molar-refractivity contribution in [1.29, 1.82) is 0 Å². The van der Waals surface area contributed by atoms with Crippen molar-refractivity contribution in [3.05, 3.63) is 88.0 Å². The van der Waals surface area contributed by atoms with Gasteiger partial charge in [-0.15, -0.1) is 13.2 Å². The minimum atomic E-state index is -4.73.